The average molecular weight is 235 g/mol. The molecule has 3 nitrogen and oxygen atoms in total. The minimum absolute atomic E-state index is 0.214. The van der Waals surface area contributed by atoms with Gasteiger partial charge in [-0.1, -0.05) is 17.4 Å². The van der Waals surface area contributed by atoms with Gasteiger partial charge in [-0.25, -0.2) is 4.79 Å². The van der Waals surface area contributed by atoms with Crippen molar-refractivity contribution in [2.24, 2.45) is 0 Å². The molecule has 1 saturated heterocycles. The first kappa shape index (κ1) is 10.1. The van der Waals surface area contributed by atoms with Crippen LogP contribution >= 0.6 is 11.3 Å². The first-order valence-electron chi connectivity index (χ1n) is 5.57. The molecule has 0 radical (unpaired) electrons. The Labute approximate surface area is 97.1 Å². The standard InChI is InChI=1S/C12H13NO2S/c14-12-15-10-6-8(3-4-11(10)16-12)9-2-1-5-13-7-9/h3-4,6,9,13H,1-2,5,7H2. The minimum Gasteiger partial charge on any atom is -0.414 e. The summed E-state index contributed by atoms with van der Waals surface area (Å²) in [5.74, 6) is 0.559. The molecule has 3 rings (SSSR count). The molecule has 1 unspecified atom stereocenters. The van der Waals surface area contributed by atoms with Crippen molar-refractivity contribution in [1.82, 2.24) is 5.32 Å². The van der Waals surface area contributed by atoms with E-state index in [0.717, 1.165) is 23.4 Å². The number of hydrogen-bond acceptors (Lipinski definition) is 4. The van der Waals surface area contributed by atoms with Crippen LogP contribution in [0.15, 0.2) is 27.4 Å². The molecule has 1 aromatic carbocycles. The lowest BCUT2D eigenvalue weighted by atomic mass is 9.92. The lowest BCUT2D eigenvalue weighted by Crippen LogP contribution is -2.28. The van der Waals surface area contributed by atoms with E-state index in [-0.39, 0.29) is 4.94 Å². The third kappa shape index (κ3) is 1.79. The SMILES string of the molecule is O=c1oc2cc(C3CCCNC3)ccc2s1. The lowest BCUT2D eigenvalue weighted by Gasteiger charge is -2.22. The highest BCUT2D eigenvalue weighted by atomic mass is 32.1. The van der Waals surface area contributed by atoms with E-state index in [2.05, 4.69) is 11.4 Å². The van der Waals surface area contributed by atoms with E-state index in [9.17, 15) is 4.79 Å². The van der Waals surface area contributed by atoms with Crippen LogP contribution in [0.4, 0.5) is 0 Å². The summed E-state index contributed by atoms with van der Waals surface area (Å²) in [5.41, 5.74) is 2.01. The number of fused-ring (bicyclic) bond motifs is 1. The Kier molecular flexibility index (Phi) is 2.53. The van der Waals surface area contributed by atoms with Gasteiger partial charge in [-0.15, -0.1) is 0 Å². The molecule has 0 spiro atoms. The van der Waals surface area contributed by atoms with Crippen molar-refractivity contribution in [1.29, 1.82) is 0 Å². The molecular weight excluding hydrogens is 222 g/mol. The lowest BCUT2D eigenvalue weighted by molar-refractivity contribution is 0.461. The molecule has 1 N–H and O–H groups in total. The zero-order valence-corrected chi connectivity index (χ0v) is 9.68. The minimum atomic E-state index is -0.214. The number of benzene rings is 1. The predicted octanol–water partition coefficient (Wildman–Crippen LogP) is 2.32. The average Bonchev–Trinajstić information content (AvgIpc) is 2.69. The van der Waals surface area contributed by atoms with E-state index in [0.29, 0.717) is 5.92 Å². The number of hydrogen-bond donors (Lipinski definition) is 1. The van der Waals surface area contributed by atoms with Gasteiger partial charge in [0.2, 0.25) is 0 Å². The van der Waals surface area contributed by atoms with Gasteiger partial charge in [0.05, 0.1) is 4.70 Å². The van der Waals surface area contributed by atoms with E-state index < -0.39 is 0 Å². The highest BCUT2D eigenvalue weighted by Crippen LogP contribution is 2.27. The first-order valence-corrected chi connectivity index (χ1v) is 6.39. The van der Waals surface area contributed by atoms with Crippen molar-refractivity contribution in [3.05, 3.63) is 33.5 Å². The molecule has 2 heterocycles. The van der Waals surface area contributed by atoms with Crippen molar-refractivity contribution in [2.45, 2.75) is 18.8 Å². The molecule has 0 amide bonds. The van der Waals surface area contributed by atoms with Gasteiger partial charge in [-0.3, -0.25) is 0 Å². The number of rotatable bonds is 1. The van der Waals surface area contributed by atoms with Gasteiger partial charge in [0, 0.05) is 6.54 Å². The van der Waals surface area contributed by atoms with Crippen LogP contribution in [-0.2, 0) is 0 Å². The van der Waals surface area contributed by atoms with Gasteiger partial charge in [-0.05, 0) is 43.0 Å². The maximum absolute atomic E-state index is 11.1. The molecule has 0 aliphatic carbocycles. The highest BCUT2D eigenvalue weighted by Gasteiger charge is 2.16. The Morgan fingerprint density at radius 1 is 1.44 bits per heavy atom. The van der Waals surface area contributed by atoms with Crippen LogP contribution in [-0.4, -0.2) is 13.1 Å². The van der Waals surface area contributed by atoms with E-state index >= 15 is 0 Å². The second kappa shape index (κ2) is 4.03. The summed E-state index contributed by atoms with van der Waals surface area (Å²) in [7, 11) is 0. The molecule has 0 bridgehead atoms. The fourth-order valence-corrected chi connectivity index (χ4v) is 2.93. The molecule has 16 heavy (non-hydrogen) atoms. The second-order valence-corrected chi connectivity index (χ2v) is 5.18. The quantitative estimate of drug-likeness (QED) is 0.824. The maximum Gasteiger partial charge on any atom is 0.396 e. The van der Waals surface area contributed by atoms with Crippen LogP contribution in [0.2, 0.25) is 0 Å². The predicted molar refractivity (Wildman–Crippen MR) is 65.2 cm³/mol. The van der Waals surface area contributed by atoms with E-state index in [4.69, 9.17) is 4.42 Å². The van der Waals surface area contributed by atoms with Crippen LogP contribution in [0.1, 0.15) is 24.3 Å². The molecule has 1 aromatic heterocycles. The van der Waals surface area contributed by atoms with Gasteiger partial charge in [0.1, 0.15) is 5.58 Å². The smallest absolute Gasteiger partial charge is 0.396 e. The summed E-state index contributed by atoms with van der Waals surface area (Å²) in [6.45, 7) is 2.14. The van der Waals surface area contributed by atoms with Gasteiger partial charge < -0.3 is 9.73 Å². The topological polar surface area (TPSA) is 42.2 Å². The van der Waals surface area contributed by atoms with Crippen molar-refractivity contribution >= 4 is 21.6 Å². The van der Waals surface area contributed by atoms with Gasteiger partial charge >= 0.3 is 4.94 Å². The van der Waals surface area contributed by atoms with Crippen LogP contribution in [0.3, 0.4) is 0 Å². The summed E-state index contributed by atoms with van der Waals surface area (Å²) in [5, 5.41) is 3.40. The fourth-order valence-electron chi connectivity index (χ4n) is 2.28. The molecule has 0 saturated carbocycles. The van der Waals surface area contributed by atoms with E-state index in [1.807, 2.05) is 12.1 Å². The van der Waals surface area contributed by atoms with E-state index in [1.165, 1.54) is 29.7 Å². The molecule has 4 heteroatoms. The Hall–Kier alpha value is -1.13. The Morgan fingerprint density at radius 3 is 3.19 bits per heavy atom. The summed E-state index contributed by atoms with van der Waals surface area (Å²) < 4.78 is 6.08. The van der Waals surface area contributed by atoms with Crippen molar-refractivity contribution in [2.75, 3.05) is 13.1 Å². The molecule has 84 valence electrons. The van der Waals surface area contributed by atoms with Gasteiger partial charge in [-0.2, -0.15) is 0 Å². The zero-order chi connectivity index (χ0) is 11.0. The van der Waals surface area contributed by atoms with Crippen molar-refractivity contribution < 1.29 is 4.42 Å². The van der Waals surface area contributed by atoms with Crippen LogP contribution in [0, 0.1) is 0 Å². The Morgan fingerprint density at radius 2 is 2.38 bits per heavy atom. The summed E-state index contributed by atoms with van der Waals surface area (Å²) >= 11 is 1.17. The molecule has 1 aliphatic rings. The highest BCUT2D eigenvalue weighted by molar-refractivity contribution is 7.16. The number of piperidine rings is 1. The van der Waals surface area contributed by atoms with Crippen molar-refractivity contribution in [3.8, 4) is 0 Å². The van der Waals surface area contributed by atoms with E-state index in [1.54, 1.807) is 0 Å². The first-order chi connectivity index (χ1) is 7.83. The third-order valence-corrected chi connectivity index (χ3v) is 3.93. The monoisotopic (exact) mass is 235 g/mol. The Bertz CT molecular complexity index is 551. The number of nitrogens with one attached hydrogen (secondary N) is 1. The zero-order valence-electron chi connectivity index (χ0n) is 8.86. The molecular formula is C12H13NO2S. The normalized spacial score (nSPS) is 21.4. The maximum atomic E-state index is 11.1. The summed E-state index contributed by atoms with van der Waals surface area (Å²) in [6.07, 6.45) is 2.43. The molecule has 1 fully saturated rings. The van der Waals surface area contributed by atoms with Crippen LogP contribution < -0.4 is 10.3 Å². The van der Waals surface area contributed by atoms with Gasteiger partial charge in [0.25, 0.3) is 0 Å². The molecule has 1 aliphatic heterocycles. The van der Waals surface area contributed by atoms with Crippen LogP contribution in [0.5, 0.6) is 0 Å². The van der Waals surface area contributed by atoms with Crippen LogP contribution in [0.25, 0.3) is 10.3 Å². The third-order valence-electron chi connectivity index (χ3n) is 3.12. The Balaban J connectivity index is 2.00. The largest absolute Gasteiger partial charge is 0.414 e. The summed E-state index contributed by atoms with van der Waals surface area (Å²) in [4.78, 5) is 10.9. The fraction of sp³-hybridized carbons (Fsp3) is 0.417. The second-order valence-electron chi connectivity index (χ2n) is 4.20. The van der Waals surface area contributed by atoms with Gasteiger partial charge in [0.15, 0.2) is 0 Å². The molecule has 2 aromatic rings. The van der Waals surface area contributed by atoms with Crippen molar-refractivity contribution in [3.63, 3.8) is 0 Å². The summed E-state index contributed by atoms with van der Waals surface area (Å²) in [6, 6.07) is 6.13. The molecule has 1 atom stereocenters.